The molecule has 0 saturated heterocycles. The van der Waals surface area contributed by atoms with Gasteiger partial charge in [-0.3, -0.25) is 4.79 Å². The van der Waals surface area contributed by atoms with E-state index in [0.717, 1.165) is 11.1 Å². The summed E-state index contributed by atoms with van der Waals surface area (Å²) in [6, 6.07) is 14.0. The van der Waals surface area contributed by atoms with Crippen LogP contribution in [0.5, 0.6) is 0 Å². The molecular weight excluding hydrogens is 276 g/mol. The van der Waals surface area contributed by atoms with Crippen molar-refractivity contribution in [3.8, 4) is 0 Å². The van der Waals surface area contributed by atoms with Crippen LogP contribution >= 0.6 is 0 Å². The topological polar surface area (TPSA) is 54.4 Å². The largest absolute Gasteiger partial charge is 0.478 e. The number of rotatable bonds is 5. The Labute approximate surface area is 129 Å². The van der Waals surface area contributed by atoms with Gasteiger partial charge in [-0.2, -0.15) is 0 Å². The molecule has 0 unspecified atom stereocenters. The Morgan fingerprint density at radius 1 is 1.00 bits per heavy atom. The van der Waals surface area contributed by atoms with E-state index in [0.29, 0.717) is 11.5 Å². The van der Waals surface area contributed by atoms with Gasteiger partial charge in [-0.05, 0) is 41.3 Å². The molecule has 0 aliphatic heterocycles. The van der Waals surface area contributed by atoms with Crippen molar-refractivity contribution in [2.45, 2.75) is 19.8 Å². The van der Waals surface area contributed by atoms with E-state index in [4.69, 9.17) is 5.11 Å². The SMILES string of the molecule is CC(C)c1cccc(C(=O)/C=C/c2ccc(C(=O)O)cc2)c1. The normalized spacial score (nSPS) is 11.0. The van der Waals surface area contributed by atoms with Crippen LogP contribution in [0, 0.1) is 0 Å². The molecule has 0 aliphatic carbocycles. The fourth-order valence-electron chi connectivity index (χ4n) is 2.06. The number of benzene rings is 2. The average Bonchev–Trinajstić information content (AvgIpc) is 2.53. The van der Waals surface area contributed by atoms with E-state index < -0.39 is 5.97 Å². The monoisotopic (exact) mass is 294 g/mol. The predicted molar refractivity (Wildman–Crippen MR) is 87.3 cm³/mol. The minimum Gasteiger partial charge on any atom is -0.478 e. The highest BCUT2D eigenvalue weighted by molar-refractivity contribution is 6.06. The molecule has 0 atom stereocenters. The van der Waals surface area contributed by atoms with Gasteiger partial charge in [0.25, 0.3) is 0 Å². The van der Waals surface area contributed by atoms with Crippen LogP contribution in [0.2, 0.25) is 0 Å². The maximum absolute atomic E-state index is 12.2. The Kier molecular flexibility index (Phi) is 4.89. The van der Waals surface area contributed by atoms with E-state index in [1.807, 2.05) is 18.2 Å². The van der Waals surface area contributed by atoms with Crippen molar-refractivity contribution in [3.63, 3.8) is 0 Å². The molecule has 0 saturated carbocycles. The van der Waals surface area contributed by atoms with Gasteiger partial charge in [0.2, 0.25) is 0 Å². The Morgan fingerprint density at radius 3 is 2.27 bits per heavy atom. The lowest BCUT2D eigenvalue weighted by molar-refractivity contribution is 0.0696. The number of carboxylic acids is 1. The molecule has 0 radical (unpaired) electrons. The van der Waals surface area contributed by atoms with Crippen molar-refractivity contribution in [2.24, 2.45) is 0 Å². The molecule has 2 aromatic rings. The molecular formula is C19H18O3. The highest BCUT2D eigenvalue weighted by atomic mass is 16.4. The van der Waals surface area contributed by atoms with Gasteiger partial charge in [0.1, 0.15) is 0 Å². The molecule has 0 heterocycles. The first-order valence-corrected chi connectivity index (χ1v) is 7.13. The van der Waals surface area contributed by atoms with E-state index in [1.54, 1.807) is 24.3 Å². The molecule has 0 bridgehead atoms. The first-order chi connectivity index (χ1) is 10.5. The quantitative estimate of drug-likeness (QED) is 0.656. The summed E-state index contributed by atoms with van der Waals surface area (Å²) in [7, 11) is 0. The zero-order valence-corrected chi connectivity index (χ0v) is 12.6. The van der Waals surface area contributed by atoms with Gasteiger partial charge in [0.05, 0.1) is 5.56 Å². The average molecular weight is 294 g/mol. The molecule has 0 fully saturated rings. The molecule has 3 heteroatoms. The Balaban J connectivity index is 2.14. The second-order valence-electron chi connectivity index (χ2n) is 5.40. The molecule has 1 N–H and O–H groups in total. The van der Waals surface area contributed by atoms with Gasteiger partial charge in [0.15, 0.2) is 5.78 Å². The number of carbonyl (C=O) groups excluding carboxylic acids is 1. The van der Waals surface area contributed by atoms with Crippen molar-refractivity contribution in [1.29, 1.82) is 0 Å². The van der Waals surface area contributed by atoms with E-state index in [2.05, 4.69) is 13.8 Å². The summed E-state index contributed by atoms with van der Waals surface area (Å²) < 4.78 is 0. The minimum absolute atomic E-state index is 0.0650. The van der Waals surface area contributed by atoms with Crippen LogP contribution in [0.3, 0.4) is 0 Å². The fourth-order valence-corrected chi connectivity index (χ4v) is 2.06. The standard InChI is InChI=1S/C19H18O3/c1-13(2)16-4-3-5-17(12-16)18(20)11-8-14-6-9-15(10-7-14)19(21)22/h3-13H,1-2H3,(H,21,22)/b11-8+. The number of carbonyl (C=O) groups is 2. The van der Waals surface area contributed by atoms with Crippen LogP contribution in [0.25, 0.3) is 6.08 Å². The summed E-state index contributed by atoms with van der Waals surface area (Å²) in [5.41, 5.74) is 2.81. The third kappa shape index (κ3) is 3.92. The maximum Gasteiger partial charge on any atom is 0.335 e. The summed E-state index contributed by atoms with van der Waals surface area (Å²) in [5.74, 6) is -0.651. The Bertz CT molecular complexity index is 710. The second kappa shape index (κ2) is 6.85. The molecule has 22 heavy (non-hydrogen) atoms. The molecule has 0 spiro atoms. The summed E-state index contributed by atoms with van der Waals surface area (Å²) in [6.45, 7) is 4.17. The molecule has 0 amide bonds. The van der Waals surface area contributed by atoms with Crippen molar-refractivity contribution < 1.29 is 14.7 Å². The van der Waals surface area contributed by atoms with Crippen LogP contribution in [-0.4, -0.2) is 16.9 Å². The third-order valence-electron chi connectivity index (χ3n) is 3.42. The van der Waals surface area contributed by atoms with Crippen LogP contribution in [0.1, 0.15) is 51.6 Å². The Morgan fingerprint density at radius 2 is 1.68 bits per heavy atom. The number of hydrogen-bond donors (Lipinski definition) is 1. The molecule has 2 rings (SSSR count). The van der Waals surface area contributed by atoms with Gasteiger partial charge in [0, 0.05) is 5.56 Å². The van der Waals surface area contributed by atoms with Crippen LogP contribution < -0.4 is 0 Å². The Hall–Kier alpha value is -2.68. The van der Waals surface area contributed by atoms with Gasteiger partial charge >= 0.3 is 5.97 Å². The first kappa shape index (κ1) is 15.7. The summed E-state index contributed by atoms with van der Waals surface area (Å²) in [4.78, 5) is 23.0. The molecule has 0 aromatic heterocycles. The lowest BCUT2D eigenvalue weighted by Crippen LogP contribution is -1.97. The second-order valence-corrected chi connectivity index (χ2v) is 5.40. The smallest absolute Gasteiger partial charge is 0.335 e. The molecule has 2 aromatic carbocycles. The fraction of sp³-hybridized carbons (Fsp3) is 0.158. The van der Waals surface area contributed by atoms with Crippen LogP contribution in [0.4, 0.5) is 0 Å². The van der Waals surface area contributed by atoms with E-state index in [-0.39, 0.29) is 11.3 Å². The molecule has 0 aliphatic rings. The first-order valence-electron chi connectivity index (χ1n) is 7.13. The summed E-state index contributed by atoms with van der Waals surface area (Å²) >= 11 is 0. The van der Waals surface area contributed by atoms with E-state index in [1.165, 1.54) is 18.2 Å². The molecule has 3 nitrogen and oxygen atoms in total. The van der Waals surface area contributed by atoms with Crippen molar-refractivity contribution >= 4 is 17.8 Å². The third-order valence-corrected chi connectivity index (χ3v) is 3.42. The summed E-state index contributed by atoms with van der Waals surface area (Å²) in [5, 5.41) is 8.84. The summed E-state index contributed by atoms with van der Waals surface area (Å²) in [6.07, 6.45) is 3.20. The van der Waals surface area contributed by atoms with Gasteiger partial charge in [-0.25, -0.2) is 4.79 Å². The number of allylic oxidation sites excluding steroid dienone is 1. The predicted octanol–water partition coefficient (Wildman–Crippen LogP) is 4.40. The number of aromatic carboxylic acids is 1. The number of carboxylic acid groups (broad SMARTS) is 1. The highest BCUT2D eigenvalue weighted by Gasteiger charge is 2.05. The zero-order valence-electron chi connectivity index (χ0n) is 12.6. The van der Waals surface area contributed by atoms with Crippen LogP contribution in [-0.2, 0) is 0 Å². The van der Waals surface area contributed by atoms with E-state index >= 15 is 0 Å². The van der Waals surface area contributed by atoms with Crippen LogP contribution in [0.15, 0.2) is 54.6 Å². The van der Waals surface area contributed by atoms with Crippen molar-refractivity contribution in [3.05, 3.63) is 76.9 Å². The zero-order chi connectivity index (χ0) is 16.1. The van der Waals surface area contributed by atoms with E-state index in [9.17, 15) is 9.59 Å². The lowest BCUT2D eigenvalue weighted by atomic mass is 9.99. The van der Waals surface area contributed by atoms with Gasteiger partial charge in [-0.15, -0.1) is 0 Å². The van der Waals surface area contributed by atoms with Crippen molar-refractivity contribution in [2.75, 3.05) is 0 Å². The highest BCUT2D eigenvalue weighted by Crippen LogP contribution is 2.16. The number of ketones is 1. The maximum atomic E-state index is 12.2. The van der Waals surface area contributed by atoms with Crippen molar-refractivity contribution in [1.82, 2.24) is 0 Å². The van der Waals surface area contributed by atoms with Gasteiger partial charge in [-0.1, -0.05) is 50.3 Å². The minimum atomic E-state index is -0.961. The number of hydrogen-bond acceptors (Lipinski definition) is 2. The molecule has 112 valence electrons. The van der Waals surface area contributed by atoms with Gasteiger partial charge < -0.3 is 5.11 Å². The lowest BCUT2D eigenvalue weighted by Gasteiger charge is -2.06.